The van der Waals surface area contributed by atoms with Gasteiger partial charge in [-0.15, -0.1) is 0 Å². The van der Waals surface area contributed by atoms with E-state index in [1.807, 2.05) is 18.2 Å². The second-order valence-electron chi connectivity index (χ2n) is 7.52. The van der Waals surface area contributed by atoms with Crippen molar-refractivity contribution in [1.29, 1.82) is 0 Å². The highest BCUT2D eigenvalue weighted by Crippen LogP contribution is 2.40. The number of aliphatic hydroxyl groups is 1. The van der Waals surface area contributed by atoms with Crippen LogP contribution in [0.4, 0.5) is 5.69 Å². The Morgan fingerprint density at radius 2 is 1.61 bits per heavy atom. The fourth-order valence-corrected chi connectivity index (χ4v) is 4.33. The molecule has 1 unspecified atom stereocenters. The summed E-state index contributed by atoms with van der Waals surface area (Å²) in [5.41, 5.74) is 1.75. The molecule has 1 N–H and O–H groups in total. The van der Waals surface area contributed by atoms with Crippen LogP contribution in [0.1, 0.15) is 24.5 Å². The maximum Gasteiger partial charge on any atom is 0.203 e. The number of nitrogens with zero attached hydrogens (tertiary/aromatic N) is 2. The van der Waals surface area contributed by atoms with Crippen molar-refractivity contribution in [3.05, 3.63) is 45.9 Å². The number of halogens is 2. The predicted molar refractivity (Wildman–Crippen MR) is 125 cm³/mol. The lowest BCUT2D eigenvalue weighted by molar-refractivity contribution is 0.153. The minimum atomic E-state index is -0.597. The molecule has 1 atom stereocenters. The molecule has 0 saturated carbocycles. The standard InChI is InChI=1S/C23H30Cl2N2O4/c1-29-20-14-16(15-21(30-2)23(20)31-3)19(28)8-5-9-26-10-12-27(13-11-26)18-7-4-6-17(24)22(18)25/h4,6-7,14-15,19,28H,5,8-13H2,1-3H3. The first-order chi connectivity index (χ1) is 15.0. The van der Waals surface area contributed by atoms with Gasteiger partial charge in [-0.05, 0) is 49.2 Å². The molecule has 2 aromatic rings. The third-order valence-electron chi connectivity index (χ3n) is 5.67. The molecule has 1 heterocycles. The Bertz CT molecular complexity index is 848. The second kappa shape index (κ2) is 11.1. The van der Waals surface area contributed by atoms with Crippen LogP contribution in [-0.4, -0.2) is 64.1 Å². The van der Waals surface area contributed by atoms with E-state index < -0.39 is 6.10 Å². The highest BCUT2D eigenvalue weighted by molar-refractivity contribution is 6.43. The minimum absolute atomic E-state index is 0.527. The van der Waals surface area contributed by atoms with Gasteiger partial charge in [0.25, 0.3) is 0 Å². The first kappa shape index (κ1) is 23.8. The number of methoxy groups -OCH3 is 3. The van der Waals surface area contributed by atoms with Gasteiger partial charge in [-0.1, -0.05) is 29.3 Å². The van der Waals surface area contributed by atoms with Crippen molar-refractivity contribution >= 4 is 28.9 Å². The Hall–Kier alpha value is -1.86. The number of benzene rings is 2. The maximum atomic E-state index is 10.7. The summed E-state index contributed by atoms with van der Waals surface area (Å²) in [5.74, 6) is 1.62. The normalized spacial score (nSPS) is 15.6. The number of hydrogen-bond donors (Lipinski definition) is 1. The van der Waals surface area contributed by atoms with Crippen LogP contribution in [0.2, 0.25) is 10.0 Å². The average molecular weight is 469 g/mol. The number of anilines is 1. The molecule has 0 amide bonds. The van der Waals surface area contributed by atoms with E-state index in [4.69, 9.17) is 37.4 Å². The molecule has 1 aliphatic heterocycles. The largest absolute Gasteiger partial charge is 0.493 e. The SMILES string of the molecule is COc1cc(C(O)CCCN2CCN(c3cccc(Cl)c3Cl)CC2)cc(OC)c1OC. The van der Waals surface area contributed by atoms with Crippen molar-refractivity contribution in [2.45, 2.75) is 18.9 Å². The molecule has 0 radical (unpaired) electrons. The van der Waals surface area contributed by atoms with Gasteiger partial charge in [-0.25, -0.2) is 0 Å². The van der Waals surface area contributed by atoms with Gasteiger partial charge in [-0.2, -0.15) is 0 Å². The number of ether oxygens (including phenoxy) is 3. The van der Waals surface area contributed by atoms with Crippen LogP contribution in [0, 0.1) is 0 Å². The van der Waals surface area contributed by atoms with Crippen molar-refractivity contribution in [1.82, 2.24) is 4.90 Å². The summed E-state index contributed by atoms with van der Waals surface area (Å²) in [7, 11) is 4.71. The molecule has 0 aliphatic carbocycles. The third-order valence-corrected chi connectivity index (χ3v) is 6.48. The summed E-state index contributed by atoms with van der Waals surface area (Å²) in [6.07, 6.45) is 0.939. The van der Waals surface area contributed by atoms with Gasteiger partial charge in [0.1, 0.15) is 0 Å². The van der Waals surface area contributed by atoms with Gasteiger partial charge in [0.15, 0.2) is 11.5 Å². The Labute approximate surface area is 194 Å². The quantitative estimate of drug-likeness (QED) is 0.577. The van der Waals surface area contributed by atoms with Crippen LogP contribution in [0.25, 0.3) is 0 Å². The molecule has 1 fully saturated rings. The zero-order valence-corrected chi connectivity index (χ0v) is 19.7. The van der Waals surface area contributed by atoms with E-state index in [-0.39, 0.29) is 0 Å². The van der Waals surface area contributed by atoms with E-state index in [9.17, 15) is 5.11 Å². The van der Waals surface area contributed by atoms with Gasteiger partial charge in [0.2, 0.25) is 5.75 Å². The van der Waals surface area contributed by atoms with E-state index in [1.54, 1.807) is 33.5 Å². The van der Waals surface area contributed by atoms with Crippen molar-refractivity contribution in [3.63, 3.8) is 0 Å². The van der Waals surface area contributed by atoms with Crippen molar-refractivity contribution < 1.29 is 19.3 Å². The number of piperazine rings is 1. The summed E-state index contributed by atoms with van der Waals surface area (Å²) in [6.45, 7) is 4.62. The van der Waals surface area contributed by atoms with Crippen LogP contribution in [0.3, 0.4) is 0 Å². The Morgan fingerprint density at radius 3 is 2.19 bits per heavy atom. The smallest absolute Gasteiger partial charge is 0.203 e. The Balaban J connectivity index is 1.50. The topological polar surface area (TPSA) is 54.4 Å². The molecule has 1 aliphatic rings. The third kappa shape index (κ3) is 5.69. The zero-order chi connectivity index (χ0) is 22.4. The predicted octanol–water partition coefficient (Wildman–Crippen LogP) is 4.66. The molecule has 1 saturated heterocycles. The van der Waals surface area contributed by atoms with Crippen molar-refractivity contribution in [2.75, 3.05) is 59.0 Å². The van der Waals surface area contributed by atoms with Gasteiger partial charge in [0.05, 0.1) is 43.2 Å². The fraction of sp³-hybridized carbons (Fsp3) is 0.478. The van der Waals surface area contributed by atoms with Gasteiger partial charge >= 0.3 is 0 Å². The summed E-state index contributed by atoms with van der Waals surface area (Å²) in [6, 6.07) is 9.36. The molecular formula is C23H30Cl2N2O4. The molecule has 0 bridgehead atoms. The van der Waals surface area contributed by atoms with E-state index in [1.165, 1.54) is 0 Å². The lowest BCUT2D eigenvalue weighted by atomic mass is 10.0. The molecule has 0 spiro atoms. The minimum Gasteiger partial charge on any atom is -0.493 e. The molecule has 0 aromatic heterocycles. The van der Waals surface area contributed by atoms with Crippen molar-refractivity contribution in [3.8, 4) is 17.2 Å². The highest BCUT2D eigenvalue weighted by Gasteiger charge is 2.21. The number of rotatable bonds is 9. The summed E-state index contributed by atoms with van der Waals surface area (Å²) in [4.78, 5) is 4.69. The summed E-state index contributed by atoms with van der Waals surface area (Å²) >= 11 is 12.5. The monoisotopic (exact) mass is 468 g/mol. The van der Waals surface area contributed by atoms with E-state index in [0.717, 1.165) is 50.4 Å². The van der Waals surface area contributed by atoms with Gasteiger partial charge < -0.3 is 24.2 Å². The summed E-state index contributed by atoms with van der Waals surface area (Å²) < 4.78 is 16.1. The molecule has 3 rings (SSSR count). The molecule has 6 nitrogen and oxygen atoms in total. The number of hydrogen-bond acceptors (Lipinski definition) is 6. The van der Waals surface area contributed by atoms with Gasteiger partial charge in [-0.3, -0.25) is 4.90 Å². The van der Waals surface area contributed by atoms with Crippen LogP contribution in [-0.2, 0) is 0 Å². The Kier molecular flexibility index (Phi) is 8.55. The molecule has 170 valence electrons. The first-order valence-corrected chi connectivity index (χ1v) is 11.1. The van der Waals surface area contributed by atoms with Crippen LogP contribution in [0.5, 0.6) is 17.2 Å². The van der Waals surface area contributed by atoms with E-state index in [0.29, 0.717) is 33.7 Å². The fourth-order valence-electron chi connectivity index (χ4n) is 3.92. The van der Waals surface area contributed by atoms with Gasteiger partial charge in [0, 0.05) is 26.2 Å². The molecule has 2 aromatic carbocycles. The molecular weight excluding hydrogens is 439 g/mol. The highest BCUT2D eigenvalue weighted by atomic mass is 35.5. The van der Waals surface area contributed by atoms with E-state index >= 15 is 0 Å². The zero-order valence-electron chi connectivity index (χ0n) is 18.2. The average Bonchev–Trinajstić information content (AvgIpc) is 2.80. The lowest BCUT2D eigenvalue weighted by Crippen LogP contribution is -2.46. The lowest BCUT2D eigenvalue weighted by Gasteiger charge is -2.36. The van der Waals surface area contributed by atoms with Crippen LogP contribution in [0.15, 0.2) is 30.3 Å². The first-order valence-electron chi connectivity index (χ1n) is 10.4. The molecule has 8 heteroatoms. The maximum absolute atomic E-state index is 10.7. The van der Waals surface area contributed by atoms with Crippen LogP contribution < -0.4 is 19.1 Å². The second-order valence-corrected chi connectivity index (χ2v) is 8.30. The number of aliphatic hydroxyl groups excluding tert-OH is 1. The van der Waals surface area contributed by atoms with E-state index in [2.05, 4.69) is 9.80 Å². The van der Waals surface area contributed by atoms with Crippen molar-refractivity contribution in [2.24, 2.45) is 0 Å². The Morgan fingerprint density at radius 1 is 0.968 bits per heavy atom. The summed E-state index contributed by atoms with van der Waals surface area (Å²) in [5, 5.41) is 11.9. The molecule has 31 heavy (non-hydrogen) atoms. The van der Waals surface area contributed by atoms with Crippen LogP contribution >= 0.6 is 23.2 Å².